The molecule has 1 aromatic rings. The van der Waals surface area contributed by atoms with E-state index in [0.717, 1.165) is 11.3 Å². The van der Waals surface area contributed by atoms with Crippen LogP contribution < -0.4 is 10.1 Å². The van der Waals surface area contributed by atoms with Gasteiger partial charge in [-0.1, -0.05) is 19.9 Å². The van der Waals surface area contributed by atoms with Crippen LogP contribution in [0.1, 0.15) is 37.1 Å². The van der Waals surface area contributed by atoms with Gasteiger partial charge < -0.3 is 9.84 Å². The summed E-state index contributed by atoms with van der Waals surface area (Å²) in [7, 11) is 0. The van der Waals surface area contributed by atoms with Crippen molar-refractivity contribution in [1.82, 2.24) is 5.32 Å². The van der Waals surface area contributed by atoms with Crippen LogP contribution in [-0.4, -0.2) is 18.3 Å². The summed E-state index contributed by atoms with van der Waals surface area (Å²) in [6.07, 6.45) is -0.610. The molecule has 0 aliphatic carbocycles. The van der Waals surface area contributed by atoms with Gasteiger partial charge in [0, 0.05) is 12.1 Å². The first-order valence-corrected chi connectivity index (χ1v) is 5.36. The molecule has 2 rings (SSSR count). The van der Waals surface area contributed by atoms with Gasteiger partial charge in [0.2, 0.25) is 0 Å². The maximum atomic E-state index is 9.86. The van der Waals surface area contributed by atoms with Crippen LogP contribution in [-0.2, 0) is 0 Å². The van der Waals surface area contributed by atoms with Crippen molar-refractivity contribution in [1.29, 1.82) is 0 Å². The Bertz CT molecular complexity index is 349. The molecule has 0 saturated heterocycles. The molecule has 2 N–H and O–H groups in total. The Morgan fingerprint density at radius 2 is 2.27 bits per heavy atom. The zero-order chi connectivity index (χ0) is 10.8. The van der Waals surface area contributed by atoms with E-state index in [1.807, 2.05) is 12.1 Å². The van der Waals surface area contributed by atoms with Crippen LogP contribution in [0.5, 0.6) is 5.75 Å². The van der Waals surface area contributed by atoms with E-state index in [0.29, 0.717) is 19.1 Å². The van der Waals surface area contributed by atoms with Crippen molar-refractivity contribution in [2.45, 2.75) is 26.0 Å². The minimum Gasteiger partial charge on any atom is -0.492 e. The number of benzene rings is 1. The number of aliphatic hydroxyl groups excluding tert-OH is 1. The Balaban J connectivity index is 2.39. The van der Waals surface area contributed by atoms with E-state index in [4.69, 9.17) is 4.74 Å². The van der Waals surface area contributed by atoms with Crippen LogP contribution >= 0.6 is 0 Å². The summed E-state index contributed by atoms with van der Waals surface area (Å²) in [6, 6.07) is 6.02. The molecule has 82 valence electrons. The molecule has 0 aromatic heterocycles. The van der Waals surface area contributed by atoms with Crippen molar-refractivity contribution in [3.63, 3.8) is 0 Å². The van der Waals surface area contributed by atoms with E-state index in [9.17, 15) is 5.11 Å². The molecule has 1 atom stereocenters. The van der Waals surface area contributed by atoms with Crippen molar-refractivity contribution < 1.29 is 9.84 Å². The molecule has 1 aliphatic heterocycles. The Morgan fingerprint density at radius 3 is 3.00 bits per heavy atom. The summed E-state index contributed by atoms with van der Waals surface area (Å²) in [5.74, 6) is 1.25. The van der Waals surface area contributed by atoms with Gasteiger partial charge in [-0.2, -0.15) is 0 Å². The molecule has 0 radical (unpaired) electrons. The molecular formula is C12H17NO2. The summed E-state index contributed by atoms with van der Waals surface area (Å²) in [5, 5.41) is 12.9. The quantitative estimate of drug-likeness (QED) is 0.737. The number of fused-ring (bicyclic) bond motifs is 1. The second kappa shape index (κ2) is 4.21. The zero-order valence-electron chi connectivity index (χ0n) is 9.16. The van der Waals surface area contributed by atoms with Gasteiger partial charge in [0.25, 0.3) is 0 Å². The first-order valence-electron chi connectivity index (χ1n) is 5.36. The molecule has 1 unspecified atom stereocenters. The topological polar surface area (TPSA) is 41.5 Å². The Kier molecular flexibility index (Phi) is 2.93. The molecule has 0 bridgehead atoms. The van der Waals surface area contributed by atoms with E-state index in [2.05, 4.69) is 25.2 Å². The lowest BCUT2D eigenvalue weighted by molar-refractivity contribution is 0.142. The fourth-order valence-electron chi connectivity index (χ4n) is 1.74. The fourth-order valence-corrected chi connectivity index (χ4v) is 1.74. The van der Waals surface area contributed by atoms with E-state index in [-0.39, 0.29) is 0 Å². The number of rotatable bonds is 1. The maximum absolute atomic E-state index is 9.86. The lowest BCUT2D eigenvalue weighted by Crippen LogP contribution is -2.22. The molecule has 1 heterocycles. The minimum absolute atomic E-state index is 0.464. The van der Waals surface area contributed by atoms with Crippen LogP contribution in [0, 0.1) is 0 Å². The Hall–Kier alpha value is -1.06. The van der Waals surface area contributed by atoms with Crippen LogP contribution in [0.4, 0.5) is 0 Å². The highest BCUT2D eigenvalue weighted by atomic mass is 16.5. The van der Waals surface area contributed by atoms with Gasteiger partial charge in [-0.3, -0.25) is 5.32 Å². The number of hydrogen-bond donors (Lipinski definition) is 2. The first-order chi connectivity index (χ1) is 7.18. The van der Waals surface area contributed by atoms with Gasteiger partial charge in [-0.05, 0) is 23.6 Å². The maximum Gasteiger partial charge on any atom is 0.134 e. The highest BCUT2D eigenvalue weighted by Crippen LogP contribution is 2.29. The van der Waals surface area contributed by atoms with Crippen molar-refractivity contribution in [2.75, 3.05) is 13.2 Å². The summed E-state index contributed by atoms with van der Waals surface area (Å²) >= 11 is 0. The monoisotopic (exact) mass is 207 g/mol. The highest BCUT2D eigenvalue weighted by molar-refractivity contribution is 5.40. The SMILES string of the molecule is CC(C)c1ccc2c(c1)C(O)NCCO2. The van der Waals surface area contributed by atoms with E-state index < -0.39 is 6.23 Å². The van der Waals surface area contributed by atoms with Crippen LogP contribution in [0.3, 0.4) is 0 Å². The Morgan fingerprint density at radius 1 is 1.47 bits per heavy atom. The van der Waals surface area contributed by atoms with Crippen molar-refractivity contribution in [3.8, 4) is 5.75 Å². The summed E-state index contributed by atoms with van der Waals surface area (Å²) in [5.41, 5.74) is 2.07. The predicted molar refractivity (Wildman–Crippen MR) is 59.0 cm³/mol. The highest BCUT2D eigenvalue weighted by Gasteiger charge is 2.17. The van der Waals surface area contributed by atoms with Crippen molar-refractivity contribution in [3.05, 3.63) is 29.3 Å². The smallest absolute Gasteiger partial charge is 0.134 e. The third kappa shape index (κ3) is 2.13. The van der Waals surface area contributed by atoms with Gasteiger partial charge >= 0.3 is 0 Å². The van der Waals surface area contributed by atoms with Gasteiger partial charge in [0.05, 0.1) is 0 Å². The lowest BCUT2D eigenvalue weighted by atomic mass is 9.99. The molecule has 0 spiro atoms. The molecule has 0 saturated carbocycles. The van der Waals surface area contributed by atoms with Crippen LogP contribution in [0.2, 0.25) is 0 Å². The Labute approximate surface area is 90.1 Å². The van der Waals surface area contributed by atoms with E-state index in [1.165, 1.54) is 5.56 Å². The molecule has 1 aliphatic rings. The second-order valence-electron chi connectivity index (χ2n) is 4.16. The predicted octanol–water partition coefficient (Wildman–Crippen LogP) is 1.78. The lowest BCUT2D eigenvalue weighted by Gasteiger charge is -2.14. The second-order valence-corrected chi connectivity index (χ2v) is 4.16. The third-order valence-electron chi connectivity index (χ3n) is 2.69. The summed E-state index contributed by atoms with van der Waals surface area (Å²) < 4.78 is 5.53. The number of nitrogens with one attached hydrogen (secondary N) is 1. The average molecular weight is 207 g/mol. The van der Waals surface area contributed by atoms with E-state index >= 15 is 0 Å². The number of aliphatic hydroxyl groups is 1. The molecule has 0 fully saturated rings. The van der Waals surface area contributed by atoms with Gasteiger partial charge in [0.15, 0.2) is 0 Å². The summed E-state index contributed by atoms with van der Waals surface area (Å²) in [6.45, 7) is 5.55. The van der Waals surface area contributed by atoms with Crippen LogP contribution in [0.15, 0.2) is 18.2 Å². The van der Waals surface area contributed by atoms with Crippen molar-refractivity contribution in [2.24, 2.45) is 0 Å². The van der Waals surface area contributed by atoms with Crippen LogP contribution in [0.25, 0.3) is 0 Å². The first kappa shape index (κ1) is 10.5. The van der Waals surface area contributed by atoms with E-state index in [1.54, 1.807) is 0 Å². The third-order valence-corrected chi connectivity index (χ3v) is 2.69. The largest absolute Gasteiger partial charge is 0.492 e. The molecule has 3 heteroatoms. The summed E-state index contributed by atoms with van der Waals surface area (Å²) in [4.78, 5) is 0. The van der Waals surface area contributed by atoms with Gasteiger partial charge in [0.1, 0.15) is 18.6 Å². The average Bonchev–Trinajstić information content (AvgIpc) is 2.40. The zero-order valence-corrected chi connectivity index (χ0v) is 9.16. The van der Waals surface area contributed by atoms with Gasteiger partial charge in [-0.25, -0.2) is 0 Å². The molecule has 1 aromatic carbocycles. The molecule has 3 nitrogen and oxygen atoms in total. The number of hydrogen-bond acceptors (Lipinski definition) is 3. The van der Waals surface area contributed by atoms with Crippen molar-refractivity contribution >= 4 is 0 Å². The molecule has 15 heavy (non-hydrogen) atoms. The fraction of sp³-hybridized carbons (Fsp3) is 0.500. The van der Waals surface area contributed by atoms with Gasteiger partial charge in [-0.15, -0.1) is 0 Å². The normalized spacial score (nSPS) is 20.7. The standard InChI is InChI=1S/C12H17NO2/c1-8(2)9-3-4-11-10(7-9)12(14)13-5-6-15-11/h3-4,7-8,12-14H,5-6H2,1-2H3. The minimum atomic E-state index is -0.610. The molecule has 0 amide bonds. The number of ether oxygens (including phenoxy) is 1. The molecular weight excluding hydrogens is 190 g/mol.